The zero-order chi connectivity index (χ0) is 22.2. The molecular formula is C22H20F3N5O2. The van der Waals surface area contributed by atoms with Crippen LogP contribution in [0.4, 0.5) is 19.1 Å². The Morgan fingerprint density at radius 1 is 1.19 bits per heavy atom. The molecule has 1 aromatic carbocycles. The number of alkyl halides is 2. The zero-order valence-corrected chi connectivity index (χ0v) is 16.9. The lowest BCUT2D eigenvalue weighted by Gasteiger charge is -2.30. The van der Waals surface area contributed by atoms with E-state index in [-0.39, 0.29) is 29.6 Å². The topological polar surface area (TPSA) is 71.5 Å². The van der Waals surface area contributed by atoms with E-state index < -0.39 is 13.0 Å². The number of carbonyl (C=O) groups is 1. The predicted octanol–water partition coefficient (Wildman–Crippen LogP) is 3.07. The van der Waals surface area contributed by atoms with Crippen LogP contribution in [0.1, 0.15) is 11.6 Å². The largest absolute Gasteiger partial charge is 0.471 e. The summed E-state index contributed by atoms with van der Waals surface area (Å²) < 4.78 is 44.5. The van der Waals surface area contributed by atoms with Gasteiger partial charge < -0.3 is 14.5 Å². The number of fused-ring (bicyclic) bond motifs is 2. The summed E-state index contributed by atoms with van der Waals surface area (Å²) in [6.45, 7) is 0.934. The number of carbonyl (C=O) groups excluding carboxylic acids is 1. The highest BCUT2D eigenvalue weighted by Gasteiger charge is 2.49. The molecule has 5 rings (SSSR count). The second-order valence-electron chi connectivity index (χ2n) is 8.05. The summed E-state index contributed by atoms with van der Waals surface area (Å²) in [5.41, 5.74) is 1.25. The third-order valence-electron chi connectivity index (χ3n) is 6.09. The minimum atomic E-state index is -2.63. The number of benzene rings is 1. The highest BCUT2D eigenvalue weighted by Crippen LogP contribution is 2.47. The maximum Gasteiger partial charge on any atom is 0.272 e. The Kier molecular flexibility index (Phi) is 5.28. The van der Waals surface area contributed by atoms with E-state index in [2.05, 4.69) is 15.0 Å². The maximum absolute atomic E-state index is 13.5. The second kappa shape index (κ2) is 8.25. The Morgan fingerprint density at radius 3 is 2.88 bits per heavy atom. The molecule has 0 saturated carbocycles. The van der Waals surface area contributed by atoms with Gasteiger partial charge in [0.05, 0.1) is 11.6 Å². The molecule has 7 nitrogen and oxygen atoms in total. The molecule has 3 unspecified atom stereocenters. The number of rotatable bonds is 6. The van der Waals surface area contributed by atoms with Crippen molar-refractivity contribution in [3.63, 3.8) is 0 Å². The highest BCUT2D eigenvalue weighted by atomic mass is 19.3. The van der Waals surface area contributed by atoms with Gasteiger partial charge in [0.25, 0.3) is 6.43 Å². The number of likely N-dealkylation sites (tertiary alicyclic amines) is 1. The summed E-state index contributed by atoms with van der Waals surface area (Å²) in [5.74, 6) is 0.403. The third kappa shape index (κ3) is 3.69. The van der Waals surface area contributed by atoms with E-state index in [1.165, 1.54) is 18.3 Å². The van der Waals surface area contributed by atoms with Crippen molar-refractivity contribution in [2.75, 3.05) is 31.1 Å². The molecule has 4 heterocycles. The number of hydrogen-bond acceptors (Lipinski definition) is 6. The SMILES string of the molecule is O=CN1CC2CN(c3ncc4cc(F)ccc4n3)C(c3cccnc3OCC(F)F)C2C1. The molecule has 0 radical (unpaired) electrons. The molecule has 3 atom stereocenters. The van der Waals surface area contributed by atoms with Crippen LogP contribution >= 0.6 is 0 Å². The Labute approximate surface area is 181 Å². The minimum Gasteiger partial charge on any atom is -0.471 e. The minimum absolute atomic E-state index is 0.0332. The molecular weight excluding hydrogens is 423 g/mol. The molecule has 32 heavy (non-hydrogen) atoms. The molecule has 2 fully saturated rings. The summed E-state index contributed by atoms with van der Waals surface area (Å²) in [5, 5.41) is 0.583. The highest BCUT2D eigenvalue weighted by molar-refractivity contribution is 5.78. The molecule has 2 aliphatic rings. The number of halogens is 3. The number of hydrogen-bond donors (Lipinski definition) is 0. The number of amides is 1. The molecule has 0 N–H and O–H groups in total. The van der Waals surface area contributed by atoms with Crippen LogP contribution in [0.2, 0.25) is 0 Å². The van der Waals surface area contributed by atoms with Gasteiger partial charge in [0, 0.05) is 54.8 Å². The van der Waals surface area contributed by atoms with Gasteiger partial charge in [-0.15, -0.1) is 0 Å². The Balaban J connectivity index is 1.56. The van der Waals surface area contributed by atoms with Crippen molar-refractivity contribution in [1.82, 2.24) is 19.9 Å². The first-order valence-corrected chi connectivity index (χ1v) is 10.3. The van der Waals surface area contributed by atoms with E-state index in [9.17, 15) is 18.0 Å². The van der Waals surface area contributed by atoms with Gasteiger partial charge in [0.1, 0.15) is 5.82 Å². The lowest BCUT2D eigenvalue weighted by atomic mass is 9.90. The first-order chi connectivity index (χ1) is 15.5. The van der Waals surface area contributed by atoms with Gasteiger partial charge in [0.15, 0.2) is 6.61 Å². The van der Waals surface area contributed by atoms with E-state index in [1.54, 1.807) is 29.3 Å². The van der Waals surface area contributed by atoms with Crippen LogP contribution in [0.15, 0.2) is 42.7 Å². The summed E-state index contributed by atoms with van der Waals surface area (Å²) in [7, 11) is 0. The normalized spacial score (nSPS) is 22.6. The Hall–Kier alpha value is -3.43. The zero-order valence-electron chi connectivity index (χ0n) is 16.9. The molecule has 10 heteroatoms. The number of anilines is 1. The van der Waals surface area contributed by atoms with Gasteiger partial charge >= 0.3 is 0 Å². The molecule has 166 valence electrons. The summed E-state index contributed by atoms with van der Waals surface area (Å²) in [4.78, 5) is 28.4. The van der Waals surface area contributed by atoms with Crippen molar-refractivity contribution in [2.45, 2.75) is 12.5 Å². The molecule has 3 aromatic rings. The molecule has 0 bridgehead atoms. The van der Waals surface area contributed by atoms with Gasteiger partial charge in [-0.3, -0.25) is 4.79 Å². The standard InChI is InChI=1S/C22H20F3N5O2/c23-15-3-4-18-13(6-15)7-27-22(28-18)30-9-14-8-29(12-31)10-17(14)20(30)16-2-1-5-26-21(16)32-11-19(24)25/h1-7,12,14,17,19-20H,8-11H2. The number of nitrogens with zero attached hydrogens (tertiary/aromatic N) is 5. The number of ether oxygens (including phenoxy) is 1. The molecule has 0 spiro atoms. The van der Waals surface area contributed by atoms with E-state index in [1.807, 2.05) is 4.90 Å². The van der Waals surface area contributed by atoms with Crippen LogP contribution in [-0.2, 0) is 4.79 Å². The summed E-state index contributed by atoms with van der Waals surface area (Å²) >= 11 is 0. The van der Waals surface area contributed by atoms with E-state index >= 15 is 0 Å². The fraction of sp³-hybridized carbons (Fsp3) is 0.364. The van der Waals surface area contributed by atoms with E-state index in [0.29, 0.717) is 42.0 Å². The summed E-state index contributed by atoms with van der Waals surface area (Å²) in [6, 6.07) is 7.52. The van der Waals surface area contributed by atoms with Gasteiger partial charge in [-0.05, 0) is 24.3 Å². The van der Waals surface area contributed by atoms with Crippen LogP contribution in [0, 0.1) is 17.7 Å². The smallest absolute Gasteiger partial charge is 0.272 e. The van der Waals surface area contributed by atoms with Crippen LogP contribution in [0.5, 0.6) is 5.88 Å². The molecule has 2 aromatic heterocycles. The first kappa shape index (κ1) is 20.5. The predicted molar refractivity (Wildman–Crippen MR) is 110 cm³/mol. The van der Waals surface area contributed by atoms with Crippen molar-refractivity contribution in [1.29, 1.82) is 0 Å². The average molecular weight is 443 g/mol. The quantitative estimate of drug-likeness (QED) is 0.546. The van der Waals surface area contributed by atoms with Crippen LogP contribution in [-0.4, -0.2) is 58.9 Å². The van der Waals surface area contributed by atoms with Gasteiger partial charge in [-0.2, -0.15) is 0 Å². The van der Waals surface area contributed by atoms with Gasteiger partial charge in [0.2, 0.25) is 18.2 Å². The second-order valence-corrected chi connectivity index (χ2v) is 8.05. The number of aromatic nitrogens is 3. The van der Waals surface area contributed by atoms with Gasteiger partial charge in [-0.1, -0.05) is 6.07 Å². The summed E-state index contributed by atoms with van der Waals surface area (Å²) in [6.07, 6.45) is 1.27. The van der Waals surface area contributed by atoms with Crippen molar-refractivity contribution in [3.8, 4) is 5.88 Å². The lowest BCUT2D eigenvalue weighted by molar-refractivity contribution is -0.117. The van der Waals surface area contributed by atoms with Crippen LogP contribution in [0.25, 0.3) is 10.9 Å². The van der Waals surface area contributed by atoms with Crippen LogP contribution in [0.3, 0.4) is 0 Å². The van der Waals surface area contributed by atoms with Crippen molar-refractivity contribution < 1.29 is 22.7 Å². The van der Waals surface area contributed by atoms with E-state index in [4.69, 9.17) is 4.74 Å². The lowest BCUT2D eigenvalue weighted by Crippen LogP contribution is -2.32. The fourth-order valence-electron chi connectivity index (χ4n) is 4.79. The van der Waals surface area contributed by atoms with Gasteiger partial charge in [-0.25, -0.2) is 28.1 Å². The molecule has 2 aliphatic heterocycles. The Bertz CT molecular complexity index is 1150. The van der Waals surface area contributed by atoms with Crippen LogP contribution < -0.4 is 9.64 Å². The first-order valence-electron chi connectivity index (χ1n) is 10.3. The van der Waals surface area contributed by atoms with Crippen molar-refractivity contribution in [2.24, 2.45) is 11.8 Å². The van der Waals surface area contributed by atoms with Crippen molar-refractivity contribution >= 4 is 23.3 Å². The monoisotopic (exact) mass is 443 g/mol. The third-order valence-corrected chi connectivity index (χ3v) is 6.09. The molecule has 1 amide bonds. The number of pyridine rings is 1. The fourth-order valence-corrected chi connectivity index (χ4v) is 4.79. The maximum atomic E-state index is 13.5. The Morgan fingerprint density at radius 2 is 2.06 bits per heavy atom. The van der Waals surface area contributed by atoms with E-state index in [0.717, 1.165) is 6.41 Å². The molecule has 0 aliphatic carbocycles. The molecule has 2 saturated heterocycles. The average Bonchev–Trinajstić information content (AvgIpc) is 3.35. The van der Waals surface area contributed by atoms with Crippen molar-refractivity contribution in [3.05, 3.63) is 54.1 Å².